The minimum Gasteiger partial charge on any atom is -0.369 e. The number of nitrogens with zero attached hydrogens (tertiary/aromatic N) is 3. The van der Waals surface area contributed by atoms with Crippen molar-refractivity contribution in [2.75, 3.05) is 11.9 Å². The number of hydrogen-bond acceptors (Lipinski definition) is 6. The van der Waals surface area contributed by atoms with E-state index in [4.69, 9.17) is 17.3 Å². The van der Waals surface area contributed by atoms with Gasteiger partial charge in [-0.3, -0.25) is 4.79 Å². The van der Waals surface area contributed by atoms with E-state index < -0.39 is 5.82 Å². The summed E-state index contributed by atoms with van der Waals surface area (Å²) in [4.78, 5) is 26.8. The lowest BCUT2D eigenvalue weighted by molar-refractivity contribution is -0.117. The van der Waals surface area contributed by atoms with Gasteiger partial charge in [-0.25, -0.2) is 19.3 Å². The third kappa shape index (κ3) is 4.46. The number of rotatable bonds is 6. The van der Waals surface area contributed by atoms with E-state index in [1.165, 1.54) is 0 Å². The molecule has 0 radical (unpaired) electrons. The van der Waals surface area contributed by atoms with E-state index in [1.54, 1.807) is 18.5 Å². The topological polar surface area (TPSA) is 122 Å². The fourth-order valence-electron chi connectivity index (χ4n) is 3.71. The highest BCUT2D eigenvalue weighted by Gasteiger charge is 2.23. The molecule has 10 heteroatoms. The number of anilines is 1. The molecule has 0 unspecified atom stereocenters. The van der Waals surface area contributed by atoms with E-state index >= 15 is 0 Å². The fraction of sp³-hybridized carbons (Fsp3) is 0.368. The Bertz CT molecular complexity index is 1040. The standard InChI is InChI=1S/C19H21ClFN7O/c20-10-4-13-14(7-25-17(13)24-6-10)18-26-8-15(21)19(28-18)27-12-3-1-2-11(5-12)23-9-16(22)29/h4,6-8,11-12,23H,1-3,5,9H2,(H2,22,29)(H,24,25)(H,26,27,28)/t11-,12+/m1/s1. The van der Waals surface area contributed by atoms with Crippen LogP contribution in [0.25, 0.3) is 22.4 Å². The SMILES string of the molecule is NC(=O)CN[C@@H]1CCC[C@H](Nc2nc(-c3c[nH]c4ncc(Cl)cc34)ncc2F)C1. The van der Waals surface area contributed by atoms with Gasteiger partial charge in [-0.1, -0.05) is 11.6 Å². The van der Waals surface area contributed by atoms with E-state index in [1.807, 2.05) is 0 Å². The zero-order chi connectivity index (χ0) is 20.4. The van der Waals surface area contributed by atoms with Crippen LogP contribution in [0.3, 0.4) is 0 Å². The third-order valence-electron chi connectivity index (χ3n) is 5.06. The van der Waals surface area contributed by atoms with Crippen molar-refractivity contribution in [3.05, 3.63) is 35.5 Å². The van der Waals surface area contributed by atoms with Crippen molar-refractivity contribution < 1.29 is 9.18 Å². The number of primary amides is 1. The largest absolute Gasteiger partial charge is 0.369 e. The predicted octanol–water partition coefficient (Wildman–Crippen LogP) is 2.61. The van der Waals surface area contributed by atoms with Gasteiger partial charge in [-0.2, -0.15) is 0 Å². The van der Waals surface area contributed by atoms with Gasteiger partial charge in [0.25, 0.3) is 0 Å². The number of aromatic nitrogens is 4. The molecule has 5 N–H and O–H groups in total. The Morgan fingerprint density at radius 3 is 2.97 bits per heavy atom. The summed E-state index contributed by atoms with van der Waals surface area (Å²) in [7, 11) is 0. The molecule has 1 saturated carbocycles. The molecule has 8 nitrogen and oxygen atoms in total. The monoisotopic (exact) mass is 417 g/mol. The van der Waals surface area contributed by atoms with Crippen LogP contribution in [-0.2, 0) is 4.79 Å². The van der Waals surface area contributed by atoms with Gasteiger partial charge < -0.3 is 21.4 Å². The number of nitrogens with one attached hydrogen (secondary N) is 3. The molecule has 0 aromatic carbocycles. The molecule has 3 aromatic rings. The summed E-state index contributed by atoms with van der Waals surface area (Å²) >= 11 is 6.05. The van der Waals surface area contributed by atoms with Crippen LogP contribution in [-0.4, -0.2) is 44.5 Å². The van der Waals surface area contributed by atoms with Gasteiger partial charge in [0.15, 0.2) is 17.5 Å². The first-order valence-corrected chi connectivity index (χ1v) is 9.81. The van der Waals surface area contributed by atoms with Crippen LogP contribution >= 0.6 is 11.6 Å². The molecule has 0 spiro atoms. The van der Waals surface area contributed by atoms with Crippen molar-refractivity contribution in [2.24, 2.45) is 5.73 Å². The second-order valence-electron chi connectivity index (χ2n) is 7.19. The van der Waals surface area contributed by atoms with E-state index in [0.29, 0.717) is 22.1 Å². The van der Waals surface area contributed by atoms with Crippen molar-refractivity contribution in [3.8, 4) is 11.4 Å². The number of carbonyl (C=O) groups is 1. The predicted molar refractivity (Wildman–Crippen MR) is 109 cm³/mol. The van der Waals surface area contributed by atoms with Gasteiger partial charge in [-0.05, 0) is 31.7 Å². The average molecular weight is 418 g/mol. The molecule has 1 amide bonds. The van der Waals surface area contributed by atoms with E-state index in [9.17, 15) is 9.18 Å². The Labute approximate surface area is 171 Å². The third-order valence-corrected chi connectivity index (χ3v) is 5.27. The molecule has 152 valence electrons. The van der Waals surface area contributed by atoms with Gasteiger partial charge in [0.1, 0.15) is 5.65 Å². The van der Waals surface area contributed by atoms with Gasteiger partial charge >= 0.3 is 0 Å². The van der Waals surface area contributed by atoms with Crippen LogP contribution in [0, 0.1) is 5.82 Å². The number of carbonyl (C=O) groups excluding carboxylic acids is 1. The quantitative estimate of drug-likeness (QED) is 0.489. The summed E-state index contributed by atoms with van der Waals surface area (Å²) in [5, 5.41) is 7.60. The Morgan fingerprint density at radius 2 is 2.14 bits per heavy atom. The molecule has 0 saturated heterocycles. The van der Waals surface area contributed by atoms with Crippen LogP contribution in [0.15, 0.2) is 24.7 Å². The van der Waals surface area contributed by atoms with Crippen LogP contribution in [0.1, 0.15) is 25.7 Å². The highest BCUT2D eigenvalue weighted by molar-refractivity contribution is 6.31. The molecule has 1 aliphatic rings. The van der Waals surface area contributed by atoms with Crippen molar-refractivity contribution >= 4 is 34.4 Å². The zero-order valence-electron chi connectivity index (χ0n) is 15.6. The molecule has 1 aliphatic carbocycles. The molecule has 3 aromatic heterocycles. The second kappa shape index (κ2) is 8.30. The van der Waals surface area contributed by atoms with Gasteiger partial charge in [0.05, 0.1) is 17.8 Å². The molecule has 3 heterocycles. The lowest BCUT2D eigenvalue weighted by Crippen LogP contribution is -2.42. The number of nitrogens with two attached hydrogens (primary N) is 1. The first-order valence-electron chi connectivity index (χ1n) is 9.43. The summed E-state index contributed by atoms with van der Waals surface area (Å²) in [6.07, 6.45) is 7.99. The summed E-state index contributed by atoms with van der Waals surface area (Å²) in [5.41, 5.74) is 6.55. The lowest BCUT2D eigenvalue weighted by Gasteiger charge is -2.30. The van der Waals surface area contributed by atoms with Gasteiger partial charge in [0, 0.05) is 35.4 Å². The zero-order valence-corrected chi connectivity index (χ0v) is 16.3. The molecular formula is C19H21ClFN7O. The molecule has 1 fully saturated rings. The van der Waals surface area contributed by atoms with Gasteiger partial charge in [0.2, 0.25) is 5.91 Å². The van der Waals surface area contributed by atoms with E-state index in [-0.39, 0.29) is 30.4 Å². The number of amides is 1. The van der Waals surface area contributed by atoms with Crippen LogP contribution in [0.4, 0.5) is 10.2 Å². The summed E-state index contributed by atoms with van der Waals surface area (Å²) in [6, 6.07) is 1.96. The fourth-order valence-corrected chi connectivity index (χ4v) is 3.86. The number of H-pyrrole nitrogens is 1. The Kier molecular flexibility index (Phi) is 5.59. The minimum atomic E-state index is -0.517. The van der Waals surface area contributed by atoms with E-state index in [0.717, 1.165) is 37.3 Å². The first-order chi connectivity index (χ1) is 14.0. The Balaban J connectivity index is 1.54. The summed E-state index contributed by atoms with van der Waals surface area (Å²) in [5.74, 6) is -0.375. The Morgan fingerprint density at radius 1 is 1.31 bits per heavy atom. The smallest absolute Gasteiger partial charge is 0.231 e. The minimum absolute atomic E-state index is 0.0328. The number of aromatic amines is 1. The highest BCUT2D eigenvalue weighted by atomic mass is 35.5. The molecule has 29 heavy (non-hydrogen) atoms. The molecule has 2 atom stereocenters. The van der Waals surface area contributed by atoms with Crippen LogP contribution in [0.2, 0.25) is 5.02 Å². The van der Waals surface area contributed by atoms with Crippen molar-refractivity contribution in [3.63, 3.8) is 0 Å². The van der Waals surface area contributed by atoms with E-state index in [2.05, 4.69) is 30.6 Å². The maximum Gasteiger partial charge on any atom is 0.231 e. The normalized spacial score (nSPS) is 19.4. The summed E-state index contributed by atoms with van der Waals surface area (Å²) < 4.78 is 14.4. The second-order valence-corrected chi connectivity index (χ2v) is 7.63. The number of pyridine rings is 1. The molecule has 4 rings (SSSR count). The van der Waals surface area contributed by atoms with Crippen molar-refractivity contribution in [2.45, 2.75) is 37.8 Å². The maximum absolute atomic E-state index is 14.4. The first kappa shape index (κ1) is 19.5. The average Bonchev–Trinajstić information content (AvgIpc) is 3.11. The summed E-state index contributed by atoms with van der Waals surface area (Å²) in [6.45, 7) is 0.139. The molecule has 0 bridgehead atoms. The van der Waals surface area contributed by atoms with Crippen molar-refractivity contribution in [1.29, 1.82) is 0 Å². The number of hydrogen-bond donors (Lipinski definition) is 4. The van der Waals surface area contributed by atoms with Crippen molar-refractivity contribution in [1.82, 2.24) is 25.3 Å². The highest BCUT2D eigenvalue weighted by Crippen LogP contribution is 2.29. The Hall–Kier alpha value is -2.78. The number of halogens is 2. The number of fused-ring (bicyclic) bond motifs is 1. The maximum atomic E-state index is 14.4. The molecule has 0 aliphatic heterocycles. The van der Waals surface area contributed by atoms with Crippen LogP contribution in [0.5, 0.6) is 0 Å². The molecular weight excluding hydrogens is 397 g/mol. The van der Waals surface area contributed by atoms with Gasteiger partial charge in [-0.15, -0.1) is 0 Å². The lowest BCUT2D eigenvalue weighted by atomic mass is 9.91. The van der Waals surface area contributed by atoms with Crippen LogP contribution < -0.4 is 16.4 Å².